The number of aromatic hydroxyl groups is 1. The zero-order valence-corrected chi connectivity index (χ0v) is 28.5. The number of allylic oxidation sites excluding steroid dienone is 4. The molecule has 6 atom stereocenters. The predicted octanol–water partition coefficient (Wildman–Crippen LogP) is 5.25. The van der Waals surface area contributed by atoms with Crippen molar-refractivity contribution in [2.45, 2.75) is 24.2 Å². The summed E-state index contributed by atoms with van der Waals surface area (Å²) in [5.74, 6) is -4.88. The Morgan fingerprint density at radius 3 is 2.15 bits per heavy atom. The van der Waals surface area contributed by atoms with Crippen LogP contribution in [-0.2, 0) is 24.6 Å². The number of carbonyl (C=O) groups is 4. The second-order valence-electron chi connectivity index (χ2n) is 14.5. The molecule has 9 rings (SSSR count). The third-order valence-corrected chi connectivity index (χ3v) is 12.0. The van der Waals surface area contributed by atoms with E-state index in [1.54, 1.807) is 18.2 Å². The van der Waals surface area contributed by atoms with Gasteiger partial charge >= 0.3 is 7.12 Å². The fourth-order valence-electron chi connectivity index (χ4n) is 9.86. The minimum Gasteiger partial charge on any atom is -0.507 e. The van der Waals surface area contributed by atoms with Crippen LogP contribution in [0.4, 0.5) is 5.69 Å². The molecule has 1 aliphatic heterocycles. The lowest BCUT2D eigenvalue weighted by molar-refractivity contribution is -0.134. The van der Waals surface area contributed by atoms with Gasteiger partial charge in [0.05, 0.1) is 22.9 Å². The molecule has 260 valence electrons. The lowest BCUT2D eigenvalue weighted by Gasteiger charge is -2.55. The molecule has 4 aliphatic rings. The number of Topliss-reactive ketones (excluding diaryl/α,β-unsaturated/α-hetero) is 1. The first-order valence-electron chi connectivity index (χ1n) is 17.9. The minimum absolute atomic E-state index is 0.0828. The molecule has 8 nitrogen and oxygen atoms in total. The van der Waals surface area contributed by atoms with E-state index >= 15 is 9.59 Å². The Hall–Kier alpha value is -5.90. The molecule has 0 radical (unpaired) electrons. The number of rotatable bonds is 5. The van der Waals surface area contributed by atoms with E-state index in [2.05, 4.69) is 0 Å². The number of phenols is 1. The van der Waals surface area contributed by atoms with E-state index < -0.39 is 48.0 Å². The third kappa shape index (κ3) is 4.77. The molecular formula is C44H34BNO7. The molecule has 53 heavy (non-hydrogen) atoms. The van der Waals surface area contributed by atoms with Crippen LogP contribution in [-0.4, -0.2) is 45.7 Å². The summed E-state index contributed by atoms with van der Waals surface area (Å²) in [7, 11) is -1.79. The molecule has 3 aliphatic carbocycles. The molecule has 0 spiro atoms. The lowest BCUT2D eigenvalue weighted by Crippen LogP contribution is -2.58. The highest BCUT2D eigenvalue weighted by molar-refractivity contribution is 6.58. The molecule has 3 N–H and O–H groups in total. The average molecular weight is 700 g/mol. The lowest BCUT2D eigenvalue weighted by atomic mass is 9.44. The van der Waals surface area contributed by atoms with Crippen LogP contribution in [0.5, 0.6) is 5.75 Å². The Balaban J connectivity index is 1.29. The van der Waals surface area contributed by atoms with E-state index in [4.69, 9.17) is 0 Å². The van der Waals surface area contributed by atoms with Crippen LogP contribution in [0.2, 0.25) is 0 Å². The molecule has 5 aromatic rings. The topological polar surface area (TPSA) is 132 Å². The van der Waals surface area contributed by atoms with Gasteiger partial charge in [-0.05, 0) is 70.6 Å². The van der Waals surface area contributed by atoms with E-state index in [0.717, 1.165) is 21.4 Å². The fraction of sp³-hybridized carbons (Fsp3) is 0.182. The fourth-order valence-corrected chi connectivity index (χ4v) is 9.86. The summed E-state index contributed by atoms with van der Waals surface area (Å²) in [6, 6.07) is 35.5. The zero-order chi connectivity index (χ0) is 36.6. The van der Waals surface area contributed by atoms with E-state index in [0.29, 0.717) is 22.1 Å². The van der Waals surface area contributed by atoms with E-state index in [9.17, 15) is 24.7 Å². The van der Waals surface area contributed by atoms with Gasteiger partial charge in [-0.2, -0.15) is 0 Å². The number of benzene rings is 5. The van der Waals surface area contributed by atoms with Crippen LogP contribution >= 0.6 is 0 Å². The van der Waals surface area contributed by atoms with Crippen molar-refractivity contribution in [1.82, 2.24) is 0 Å². The van der Waals surface area contributed by atoms with Crippen LogP contribution in [0.1, 0.15) is 35.4 Å². The Morgan fingerprint density at radius 1 is 0.717 bits per heavy atom. The maximum Gasteiger partial charge on any atom is 0.488 e. The van der Waals surface area contributed by atoms with Crippen LogP contribution < -0.4 is 10.4 Å². The summed E-state index contributed by atoms with van der Waals surface area (Å²) in [5, 5.41) is 32.1. The number of fused-ring (bicyclic) bond motifs is 5. The van der Waals surface area contributed by atoms with Crippen molar-refractivity contribution in [3.8, 4) is 5.75 Å². The van der Waals surface area contributed by atoms with E-state index in [1.807, 2.05) is 97.1 Å². The van der Waals surface area contributed by atoms with Crippen LogP contribution in [0, 0.1) is 23.7 Å². The van der Waals surface area contributed by atoms with E-state index in [-0.39, 0.29) is 47.2 Å². The molecule has 0 aromatic heterocycles. The number of anilines is 1. The Bertz CT molecular complexity index is 2420. The Morgan fingerprint density at radius 2 is 1.42 bits per heavy atom. The molecule has 1 heterocycles. The van der Waals surface area contributed by atoms with Crippen molar-refractivity contribution in [2.75, 3.05) is 4.90 Å². The first-order chi connectivity index (χ1) is 25.7. The summed E-state index contributed by atoms with van der Waals surface area (Å²) in [6.07, 6.45) is 3.91. The van der Waals surface area contributed by atoms with Crippen molar-refractivity contribution in [3.63, 3.8) is 0 Å². The Kier molecular flexibility index (Phi) is 7.69. The van der Waals surface area contributed by atoms with Crippen LogP contribution in [0.3, 0.4) is 0 Å². The number of hydrogen-bond donors (Lipinski definition) is 3. The summed E-state index contributed by atoms with van der Waals surface area (Å²) in [4.78, 5) is 60.5. The van der Waals surface area contributed by atoms with E-state index in [1.165, 1.54) is 18.2 Å². The van der Waals surface area contributed by atoms with Gasteiger partial charge in [-0.15, -0.1) is 0 Å². The van der Waals surface area contributed by atoms with Gasteiger partial charge in [0.2, 0.25) is 11.8 Å². The second-order valence-corrected chi connectivity index (χ2v) is 14.5. The summed E-state index contributed by atoms with van der Waals surface area (Å²) in [5.41, 5.74) is 2.19. The molecule has 6 unspecified atom stereocenters. The number of ketones is 2. The van der Waals surface area contributed by atoms with Crippen molar-refractivity contribution in [3.05, 3.63) is 156 Å². The van der Waals surface area contributed by atoms with Crippen molar-refractivity contribution >= 4 is 58.0 Å². The quantitative estimate of drug-likeness (QED) is 0.130. The molecule has 2 amide bonds. The second kappa shape index (κ2) is 12.4. The molecule has 0 bridgehead atoms. The number of hydrogen-bond acceptors (Lipinski definition) is 7. The number of phenolic OH excluding ortho intramolecular Hbond substituents is 1. The summed E-state index contributed by atoms with van der Waals surface area (Å²) < 4.78 is 0. The number of nitrogens with zero attached hydrogens (tertiary/aromatic N) is 1. The first kappa shape index (κ1) is 33.0. The smallest absolute Gasteiger partial charge is 0.488 e. The van der Waals surface area contributed by atoms with Crippen molar-refractivity contribution in [2.24, 2.45) is 23.7 Å². The summed E-state index contributed by atoms with van der Waals surface area (Å²) >= 11 is 0. The SMILES string of the molecule is O=C1C(c2ccccc2)=CC(=O)C2(c3ccccc3)C1CC1C(=CCC3C(=O)N(c4cccc(B(O)O)c4)C(=O)C31)C2c1ccc(O)c2ccccc12. The third-order valence-electron chi connectivity index (χ3n) is 12.0. The van der Waals surface area contributed by atoms with Crippen LogP contribution in [0.25, 0.3) is 16.3 Å². The van der Waals surface area contributed by atoms with Gasteiger partial charge in [0.1, 0.15) is 5.75 Å². The largest absolute Gasteiger partial charge is 0.507 e. The van der Waals surface area contributed by atoms with Gasteiger partial charge in [-0.25, -0.2) is 0 Å². The molecule has 2 fully saturated rings. The highest BCUT2D eigenvalue weighted by Crippen LogP contribution is 2.64. The maximum atomic E-state index is 15.3. The highest BCUT2D eigenvalue weighted by Gasteiger charge is 2.66. The average Bonchev–Trinajstić information content (AvgIpc) is 3.45. The van der Waals surface area contributed by atoms with Gasteiger partial charge < -0.3 is 15.2 Å². The number of carbonyl (C=O) groups excluding carboxylic acids is 4. The van der Waals surface area contributed by atoms with Gasteiger partial charge in [-0.3, -0.25) is 24.1 Å². The maximum absolute atomic E-state index is 15.3. The first-order valence-corrected chi connectivity index (χ1v) is 17.9. The predicted molar refractivity (Wildman–Crippen MR) is 201 cm³/mol. The molecule has 5 aromatic carbocycles. The zero-order valence-electron chi connectivity index (χ0n) is 28.5. The number of amides is 2. The standard InChI is InChI=1S/C44H34BNO7/c47-37-21-20-31(29-16-7-8-17-30(29)37)40-32-18-19-33-39(43(51)46(42(33)50)28-15-9-14-27(22-28)45(52)53)35(32)23-36-41(49)34(25-10-3-1-4-11-25)24-38(48)44(36,40)26-12-5-2-6-13-26/h1-18,20-22,24,33,35-36,39-40,47,52-53H,19,23H2. The van der Waals surface area contributed by atoms with Gasteiger partial charge in [0, 0.05) is 22.8 Å². The molecular weight excluding hydrogens is 665 g/mol. The minimum atomic E-state index is -1.79. The van der Waals surface area contributed by atoms with Gasteiger partial charge in [0.15, 0.2) is 11.6 Å². The Labute approximate surface area is 305 Å². The van der Waals surface area contributed by atoms with Gasteiger partial charge in [-0.1, -0.05) is 115 Å². The molecule has 1 saturated carbocycles. The summed E-state index contributed by atoms with van der Waals surface area (Å²) in [6.45, 7) is 0. The van der Waals surface area contributed by atoms with Gasteiger partial charge in [0.25, 0.3) is 0 Å². The number of imide groups is 1. The molecule has 9 heteroatoms. The van der Waals surface area contributed by atoms with Crippen molar-refractivity contribution < 1.29 is 34.3 Å². The van der Waals surface area contributed by atoms with Crippen LogP contribution in [0.15, 0.2) is 139 Å². The normalized spacial score (nSPS) is 26.5. The monoisotopic (exact) mass is 699 g/mol. The molecule has 1 saturated heterocycles. The van der Waals surface area contributed by atoms with Crippen molar-refractivity contribution in [1.29, 1.82) is 0 Å². The highest BCUT2D eigenvalue weighted by atomic mass is 16.4.